The molecule has 2 rings (SSSR count). The summed E-state index contributed by atoms with van der Waals surface area (Å²) < 4.78 is 10.3. The number of likely N-dealkylation sites (N-methyl/N-ethyl adjacent to an activating group) is 1. The van der Waals surface area contributed by atoms with Crippen LogP contribution in [-0.2, 0) is 9.59 Å². The summed E-state index contributed by atoms with van der Waals surface area (Å²) in [4.78, 5) is 36.9. The van der Waals surface area contributed by atoms with E-state index < -0.39 is 16.9 Å². The van der Waals surface area contributed by atoms with Crippen LogP contribution in [0.3, 0.4) is 0 Å². The summed E-state index contributed by atoms with van der Waals surface area (Å²) >= 11 is 0. The van der Waals surface area contributed by atoms with Crippen molar-refractivity contribution in [3.8, 4) is 11.5 Å². The Hall–Kier alpha value is -3.66. The van der Waals surface area contributed by atoms with E-state index in [1.54, 1.807) is 43.1 Å². The van der Waals surface area contributed by atoms with Gasteiger partial charge in [0.15, 0.2) is 0 Å². The van der Waals surface area contributed by atoms with Crippen LogP contribution < -0.4 is 20.1 Å². The Morgan fingerprint density at radius 1 is 1.13 bits per heavy atom. The van der Waals surface area contributed by atoms with Crippen LogP contribution in [0.1, 0.15) is 6.92 Å². The van der Waals surface area contributed by atoms with E-state index in [1.165, 1.54) is 32.4 Å². The number of hydrogen-bond acceptors (Lipinski definition) is 7. The lowest BCUT2D eigenvalue weighted by atomic mass is 10.2. The third-order valence-electron chi connectivity index (χ3n) is 4.44. The molecule has 0 bridgehead atoms. The Bertz CT molecular complexity index is 933. The molecule has 0 aromatic heterocycles. The van der Waals surface area contributed by atoms with Crippen molar-refractivity contribution in [2.45, 2.75) is 13.0 Å². The van der Waals surface area contributed by atoms with Gasteiger partial charge in [0.25, 0.3) is 5.69 Å². The van der Waals surface area contributed by atoms with Gasteiger partial charge in [-0.25, -0.2) is 0 Å². The van der Waals surface area contributed by atoms with Crippen molar-refractivity contribution in [3.05, 3.63) is 52.6 Å². The van der Waals surface area contributed by atoms with Crippen LogP contribution in [0.4, 0.5) is 17.1 Å². The van der Waals surface area contributed by atoms with E-state index in [-0.39, 0.29) is 23.8 Å². The number of amides is 2. The number of nitrogens with one attached hydrogen (secondary N) is 2. The Kier molecular flexibility index (Phi) is 7.70. The van der Waals surface area contributed by atoms with Crippen molar-refractivity contribution in [2.24, 2.45) is 0 Å². The first-order chi connectivity index (χ1) is 14.2. The van der Waals surface area contributed by atoms with Crippen LogP contribution in [-0.4, -0.2) is 55.5 Å². The standard InChI is InChI=1S/C20H24N4O6/c1-13(20(26)22-17-11-15(24(27)28)8-9-18(17)30-4)23(2)12-19(25)21-14-6-5-7-16(10-14)29-3/h5-11,13H,12H2,1-4H3,(H,21,25)(H,22,26)/t13-/m0/s1. The van der Waals surface area contributed by atoms with Gasteiger partial charge < -0.3 is 20.1 Å². The minimum atomic E-state index is -0.690. The molecule has 0 aliphatic carbocycles. The van der Waals surface area contributed by atoms with E-state index in [2.05, 4.69) is 10.6 Å². The van der Waals surface area contributed by atoms with Gasteiger partial charge in [0.2, 0.25) is 11.8 Å². The van der Waals surface area contributed by atoms with E-state index in [1.807, 2.05) is 0 Å². The van der Waals surface area contributed by atoms with Gasteiger partial charge in [-0.2, -0.15) is 0 Å². The molecule has 0 fully saturated rings. The van der Waals surface area contributed by atoms with Crippen molar-refractivity contribution in [2.75, 3.05) is 38.4 Å². The number of nitrogens with zero attached hydrogens (tertiary/aromatic N) is 2. The maximum Gasteiger partial charge on any atom is 0.271 e. The van der Waals surface area contributed by atoms with Gasteiger partial charge in [-0.05, 0) is 32.2 Å². The van der Waals surface area contributed by atoms with Crippen LogP contribution in [0.15, 0.2) is 42.5 Å². The highest BCUT2D eigenvalue weighted by Crippen LogP contribution is 2.29. The number of benzene rings is 2. The van der Waals surface area contributed by atoms with Crippen LogP contribution in [0.2, 0.25) is 0 Å². The number of rotatable bonds is 9. The zero-order valence-corrected chi connectivity index (χ0v) is 17.2. The quantitative estimate of drug-likeness (QED) is 0.475. The number of ether oxygens (including phenoxy) is 2. The van der Waals surface area contributed by atoms with E-state index in [0.717, 1.165) is 0 Å². The molecule has 0 saturated heterocycles. The largest absolute Gasteiger partial charge is 0.497 e. The number of methoxy groups -OCH3 is 2. The van der Waals surface area contributed by atoms with Gasteiger partial charge in [-0.3, -0.25) is 24.6 Å². The summed E-state index contributed by atoms with van der Waals surface area (Å²) in [5.41, 5.74) is 0.578. The minimum absolute atomic E-state index is 0.0438. The van der Waals surface area contributed by atoms with Gasteiger partial charge in [-0.15, -0.1) is 0 Å². The molecular formula is C20H24N4O6. The number of non-ortho nitro benzene ring substituents is 1. The fourth-order valence-corrected chi connectivity index (χ4v) is 2.61. The van der Waals surface area contributed by atoms with Crippen molar-refractivity contribution >= 4 is 28.9 Å². The molecule has 2 aromatic carbocycles. The summed E-state index contributed by atoms with van der Waals surface area (Å²) in [6.45, 7) is 1.58. The lowest BCUT2D eigenvalue weighted by molar-refractivity contribution is -0.384. The normalized spacial score (nSPS) is 11.5. The van der Waals surface area contributed by atoms with Crippen LogP contribution >= 0.6 is 0 Å². The third-order valence-corrected chi connectivity index (χ3v) is 4.44. The predicted molar refractivity (Wildman–Crippen MR) is 112 cm³/mol. The second kappa shape index (κ2) is 10.2. The molecule has 0 radical (unpaired) electrons. The molecule has 0 heterocycles. The third kappa shape index (κ3) is 5.92. The minimum Gasteiger partial charge on any atom is -0.497 e. The molecule has 0 aliphatic heterocycles. The molecule has 160 valence electrons. The molecule has 2 N–H and O–H groups in total. The summed E-state index contributed by atoms with van der Waals surface area (Å²) in [5, 5.41) is 16.3. The molecule has 10 nitrogen and oxygen atoms in total. The smallest absolute Gasteiger partial charge is 0.271 e. The fourth-order valence-electron chi connectivity index (χ4n) is 2.61. The van der Waals surface area contributed by atoms with Crippen LogP contribution in [0.5, 0.6) is 11.5 Å². The first-order valence-corrected chi connectivity index (χ1v) is 9.02. The SMILES string of the molecule is COc1cccc(NC(=O)CN(C)[C@@H](C)C(=O)Nc2cc([N+](=O)[O-])ccc2OC)c1. The van der Waals surface area contributed by atoms with Gasteiger partial charge in [0, 0.05) is 23.9 Å². The number of nitro benzene ring substituents is 1. The zero-order chi connectivity index (χ0) is 22.3. The highest BCUT2D eigenvalue weighted by atomic mass is 16.6. The number of carbonyl (C=O) groups is 2. The highest BCUT2D eigenvalue weighted by Gasteiger charge is 2.22. The van der Waals surface area contributed by atoms with Gasteiger partial charge in [0.05, 0.1) is 37.4 Å². The number of hydrogen-bond donors (Lipinski definition) is 2. The maximum atomic E-state index is 12.6. The first-order valence-electron chi connectivity index (χ1n) is 9.02. The number of carbonyl (C=O) groups excluding carboxylic acids is 2. The summed E-state index contributed by atoms with van der Waals surface area (Å²) in [7, 11) is 4.56. The lowest BCUT2D eigenvalue weighted by Crippen LogP contribution is -2.43. The Morgan fingerprint density at radius 2 is 1.87 bits per heavy atom. The predicted octanol–water partition coefficient (Wildman–Crippen LogP) is 2.51. The Balaban J connectivity index is 2.00. The van der Waals surface area contributed by atoms with E-state index in [4.69, 9.17) is 9.47 Å². The molecule has 0 saturated carbocycles. The number of anilines is 2. The van der Waals surface area contributed by atoms with Crippen molar-refractivity contribution in [1.29, 1.82) is 0 Å². The number of nitro groups is 1. The highest BCUT2D eigenvalue weighted by molar-refractivity contribution is 5.97. The van der Waals surface area contributed by atoms with Crippen molar-refractivity contribution in [1.82, 2.24) is 4.90 Å². The molecule has 2 aromatic rings. The fraction of sp³-hybridized carbons (Fsp3) is 0.300. The topological polar surface area (TPSA) is 123 Å². The Labute approximate surface area is 173 Å². The summed E-state index contributed by atoms with van der Waals surface area (Å²) in [6, 6.07) is 10.1. The second-order valence-electron chi connectivity index (χ2n) is 6.50. The Morgan fingerprint density at radius 3 is 2.50 bits per heavy atom. The molecule has 0 spiro atoms. The first kappa shape index (κ1) is 22.6. The summed E-state index contributed by atoms with van der Waals surface area (Å²) in [5.74, 6) is 0.156. The van der Waals surface area contributed by atoms with Crippen molar-refractivity contribution < 1.29 is 24.0 Å². The molecule has 2 amide bonds. The van der Waals surface area contributed by atoms with E-state index in [9.17, 15) is 19.7 Å². The zero-order valence-electron chi connectivity index (χ0n) is 17.2. The molecule has 1 atom stereocenters. The summed E-state index contributed by atoms with van der Waals surface area (Å²) in [6.07, 6.45) is 0. The van der Waals surface area contributed by atoms with Crippen LogP contribution in [0, 0.1) is 10.1 Å². The average Bonchev–Trinajstić information content (AvgIpc) is 2.72. The second-order valence-corrected chi connectivity index (χ2v) is 6.50. The molecule has 10 heteroatoms. The molecule has 30 heavy (non-hydrogen) atoms. The van der Waals surface area contributed by atoms with E-state index >= 15 is 0 Å². The molecule has 0 unspecified atom stereocenters. The van der Waals surface area contributed by atoms with Gasteiger partial charge >= 0.3 is 0 Å². The molecule has 0 aliphatic rings. The van der Waals surface area contributed by atoms with Crippen LogP contribution in [0.25, 0.3) is 0 Å². The maximum absolute atomic E-state index is 12.6. The molecular weight excluding hydrogens is 392 g/mol. The lowest BCUT2D eigenvalue weighted by Gasteiger charge is -2.23. The average molecular weight is 416 g/mol. The van der Waals surface area contributed by atoms with Gasteiger partial charge in [-0.1, -0.05) is 6.07 Å². The monoisotopic (exact) mass is 416 g/mol. The van der Waals surface area contributed by atoms with E-state index in [0.29, 0.717) is 17.2 Å². The van der Waals surface area contributed by atoms with Crippen molar-refractivity contribution in [3.63, 3.8) is 0 Å². The van der Waals surface area contributed by atoms with Gasteiger partial charge in [0.1, 0.15) is 11.5 Å².